The highest BCUT2D eigenvalue weighted by atomic mass is 35.5. The van der Waals surface area contributed by atoms with Gasteiger partial charge in [0.25, 0.3) is 0 Å². The maximum atomic E-state index is 5.60. The predicted molar refractivity (Wildman–Crippen MR) is 52.0 cm³/mol. The Morgan fingerprint density at radius 2 is 1.91 bits per heavy atom. The van der Waals surface area contributed by atoms with Crippen LogP contribution in [0, 0.1) is 5.92 Å². The Morgan fingerprint density at radius 1 is 1.18 bits per heavy atom. The van der Waals surface area contributed by atoms with E-state index in [1.165, 1.54) is 32.1 Å². The molecule has 0 aromatic heterocycles. The molecule has 0 heterocycles. The standard InChI is InChI=1S/C9H17N.ClH/c10-8-9-6-4-2-1-3-5-7-9;/h1-2,9H,3-8,10H2;1H. The van der Waals surface area contributed by atoms with E-state index >= 15 is 0 Å². The van der Waals surface area contributed by atoms with Crippen molar-refractivity contribution < 1.29 is 0 Å². The molecule has 1 aliphatic carbocycles. The van der Waals surface area contributed by atoms with Crippen molar-refractivity contribution in [2.24, 2.45) is 11.7 Å². The van der Waals surface area contributed by atoms with Crippen LogP contribution in [0.3, 0.4) is 0 Å². The second kappa shape index (κ2) is 6.68. The molecule has 0 aliphatic heterocycles. The first-order valence-electron chi connectivity index (χ1n) is 4.28. The van der Waals surface area contributed by atoms with Gasteiger partial charge in [-0.2, -0.15) is 0 Å². The Balaban J connectivity index is 0.000001000. The normalized spacial score (nSPS) is 25.0. The molecular formula is C9H18ClN. The summed E-state index contributed by atoms with van der Waals surface area (Å²) >= 11 is 0. The highest BCUT2D eigenvalue weighted by Gasteiger charge is 2.05. The molecule has 2 heteroatoms. The molecule has 0 aromatic rings. The van der Waals surface area contributed by atoms with Crippen LogP contribution in [-0.4, -0.2) is 6.54 Å². The smallest absolute Gasteiger partial charge is 0.00488 e. The van der Waals surface area contributed by atoms with Gasteiger partial charge in [-0.25, -0.2) is 0 Å². The molecule has 1 nitrogen and oxygen atoms in total. The average Bonchev–Trinajstić information content (AvgIpc) is 1.87. The first-order valence-corrected chi connectivity index (χ1v) is 4.28. The molecule has 1 atom stereocenters. The minimum absolute atomic E-state index is 0. The van der Waals surface area contributed by atoms with Crippen LogP contribution in [0.1, 0.15) is 32.1 Å². The van der Waals surface area contributed by atoms with E-state index < -0.39 is 0 Å². The number of hydrogen-bond donors (Lipinski definition) is 1. The van der Waals surface area contributed by atoms with Crippen molar-refractivity contribution >= 4 is 12.4 Å². The SMILES string of the molecule is Cl.NCC1CCC=CCCC1. The van der Waals surface area contributed by atoms with Gasteiger partial charge in [0.15, 0.2) is 0 Å². The van der Waals surface area contributed by atoms with Gasteiger partial charge >= 0.3 is 0 Å². The zero-order chi connectivity index (χ0) is 7.23. The van der Waals surface area contributed by atoms with Crippen molar-refractivity contribution in [1.29, 1.82) is 0 Å². The van der Waals surface area contributed by atoms with E-state index in [1.807, 2.05) is 0 Å². The van der Waals surface area contributed by atoms with Crippen molar-refractivity contribution in [2.75, 3.05) is 6.54 Å². The van der Waals surface area contributed by atoms with Crippen molar-refractivity contribution in [3.8, 4) is 0 Å². The monoisotopic (exact) mass is 175 g/mol. The van der Waals surface area contributed by atoms with E-state index in [4.69, 9.17) is 5.73 Å². The second-order valence-corrected chi connectivity index (χ2v) is 3.08. The molecule has 0 saturated heterocycles. The van der Waals surface area contributed by atoms with Crippen LogP contribution in [0.25, 0.3) is 0 Å². The maximum Gasteiger partial charge on any atom is -0.00488 e. The van der Waals surface area contributed by atoms with Crippen LogP contribution in [0.5, 0.6) is 0 Å². The second-order valence-electron chi connectivity index (χ2n) is 3.08. The third-order valence-electron chi connectivity index (χ3n) is 2.22. The molecule has 0 amide bonds. The van der Waals surface area contributed by atoms with Gasteiger partial charge in [0.05, 0.1) is 0 Å². The molecule has 66 valence electrons. The van der Waals surface area contributed by atoms with Crippen LogP contribution < -0.4 is 5.73 Å². The first-order chi connectivity index (χ1) is 4.93. The van der Waals surface area contributed by atoms with Gasteiger partial charge in [0.2, 0.25) is 0 Å². The fourth-order valence-corrected chi connectivity index (χ4v) is 1.47. The summed E-state index contributed by atoms with van der Waals surface area (Å²) < 4.78 is 0. The van der Waals surface area contributed by atoms with E-state index in [0.29, 0.717) is 0 Å². The van der Waals surface area contributed by atoms with Crippen molar-refractivity contribution in [1.82, 2.24) is 0 Å². The molecule has 0 bridgehead atoms. The van der Waals surface area contributed by atoms with Crippen LogP contribution in [0.2, 0.25) is 0 Å². The molecule has 0 aromatic carbocycles. The zero-order valence-corrected chi connectivity index (χ0v) is 7.78. The number of nitrogens with two attached hydrogens (primary N) is 1. The fourth-order valence-electron chi connectivity index (χ4n) is 1.47. The summed E-state index contributed by atoms with van der Waals surface area (Å²) in [5, 5.41) is 0. The number of hydrogen-bond acceptors (Lipinski definition) is 1. The highest BCUT2D eigenvalue weighted by Crippen LogP contribution is 2.16. The first kappa shape index (κ1) is 11.0. The quantitative estimate of drug-likeness (QED) is 0.609. The molecule has 0 spiro atoms. The molecule has 1 aliphatic rings. The molecule has 1 unspecified atom stereocenters. The summed E-state index contributed by atoms with van der Waals surface area (Å²) in [6, 6.07) is 0. The summed E-state index contributed by atoms with van der Waals surface area (Å²) in [5.41, 5.74) is 5.60. The van der Waals surface area contributed by atoms with E-state index in [1.54, 1.807) is 0 Å². The maximum absolute atomic E-state index is 5.60. The minimum atomic E-state index is 0. The molecule has 11 heavy (non-hydrogen) atoms. The van der Waals surface area contributed by atoms with Gasteiger partial charge in [0.1, 0.15) is 0 Å². The summed E-state index contributed by atoms with van der Waals surface area (Å²) in [5.74, 6) is 0.796. The van der Waals surface area contributed by atoms with E-state index in [-0.39, 0.29) is 12.4 Å². The summed E-state index contributed by atoms with van der Waals surface area (Å²) in [7, 11) is 0. The zero-order valence-electron chi connectivity index (χ0n) is 6.96. The fraction of sp³-hybridized carbons (Fsp3) is 0.778. The lowest BCUT2D eigenvalue weighted by Crippen LogP contribution is -2.14. The van der Waals surface area contributed by atoms with Gasteiger partial charge in [0, 0.05) is 0 Å². The van der Waals surface area contributed by atoms with Crippen LogP contribution in [0.15, 0.2) is 12.2 Å². The van der Waals surface area contributed by atoms with Crippen LogP contribution in [0.4, 0.5) is 0 Å². The van der Waals surface area contributed by atoms with Gasteiger partial charge in [-0.05, 0) is 44.6 Å². The van der Waals surface area contributed by atoms with E-state index in [0.717, 1.165) is 12.5 Å². The third kappa shape index (κ3) is 4.44. The minimum Gasteiger partial charge on any atom is -0.330 e. The Bertz CT molecular complexity index is 112. The molecule has 0 saturated carbocycles. The van der Waals surface area contributed by atoms with Gasteiger partial charge in [-0.15, -0.1) is 12.4 Å². The van der Waals surface area contributed by atoms with Crippen LogP contribution >= 0.6 is 12.4 Å². The highest BCUT2D eigenvalue weighted by molar-refractivity contribution is 5.85. The Morgan fingerprint density at radius 3 is 2.64 bits per heavy atom. The van der Waals surface area contributed by atoms with Gasteiger partial charge in [-0.3, -0.25) is 0 Å². The molecule has 0 fully saturated rings. The molecule has 0 radical (unpaired) electrons. The van der Waals surface area contributed by atoms with Crippen molar-refractivity contribution in [3.05, 3.63) is 12.2 Å². The largest absolute Gasteiger partial charge is 0.330 e. The van der Waals surface area contributed by atoms with Crippen molar-refractivity contribution in [2.45, 2.75) is 32.1 Å². The van der Waals surface area contributed by atoms with Gasteiger partial charge < -0.3 is 5.73 Å². The summed E-state index contributed by atoms with van der Waals surface area (Å²) in [6.45, 7) is 0.883. The van der Waals surface area contributed by atoms with Crippen LogP contribution in [-0.2, 0) is 0 Å². The Labute approximate surface area is 75.5 Å². The van der Waals surface area contributed by atoms with Crippen molar-refractivity contribution in [3.63, 3.8) is 0 Å². The average molecular weight is 176 g/mol. The summed E-state index contributed by atoms with van der Waals surface area (Å²) in [4.78, 5) is 0. The predicted octanol–water partition coefficient (Wildman–Crippen LogP) is 2.50. The lowest BCUT2D eigenvalue weighted by molar-refractivity contribution is 0.445. The Hall–Kier alpha value is -0.0100. The van der Waals surface area contributed by atoms with E-state index in [2.05, 4.69) is 12.2 Å². The Kier molecular flexibility index (Phi) is 6.68. The third-order valence-corrected chi connectivity index (χ3v) is 2.22. The lowest BCUT2D eigenvalue weighted by atomic mass is 9.94. The van der Waals surface area contributed by atoms with E-state index in [9.17, 15) is 0 Å². The van der Waals surface area contributed by atoms with Gasteiger partial charge in [-0.1, -0.05) is 12.2 Å². The molecule has 2 N–H and O–H groups in total. The topological polar surface area (TPSA) is 26.0 Å². The number of rotatable bonds is 1. The molecule has 1 rings (SSSR count). The summed E-state index contributed by atoms with van der Waals surface area (Å²) in [6.07, 6.45) is 11.1. The lowest BCUT2D eigenvalue weighted by Gasteiger charge is -2.14. The number of allylic oxidation sites excluding steroid dienone is 2. The number of halogens is 1. The molecular weight excluding hydrogens is 158 g/mol.